The molecule has 0 aliphatic heterocycles. The normalized spacial score (nSPS) is 10.7. The average Bonchev–Trinajstić information content (AvgIpc) is 2.64. The van der Waals surface area contributed by atoms with Gasteiger partial charge in [-0.15, -0.1) is 0 Å². The Hall–Kier alpha value is -3.35. The van der Waals surface area contributed by atoms with Gasteiger partial charge in [-0.05, 0) is 55.2 Å². The van der Waals surface area contributed by atoms with E-state index in [4.69, 9.17) is 14.2 Å². The van der Waals surface area contributed by atoms with Gasteiger partial charge in [0.05, 0.1) is 12.0 Å². The van der Waals surface area contributed by atoms with E-state index in [0.29, 0.717) is 11.3 Å². The number of carbonyl (C=O) groups excluding carboxylic acids is 1. The van der Waals surface area contributed by atoms with E-state index in [1.165, 1.54) is 19.3 Å². The van der Waals surface area contributed by atoms with Crippen LogP contribution in [0, 0.1) is 30.9 Å². The average molecular weight is 371 g/mol. The summed E-state index contributed by atoms with van der Waals surface area (Å²) in [7, 11) is 1.42. The predicted octanol–water partition coefficient (Wildman–Crippen LogP) is 3.85. The number of esters is 1. The summed E-state index contributed by atoms with van der Waals surface area (Å²) >= 11 is 0. The van der Waals surface area contributed by atoms with Gasteiger partial charge in [-0.1, -0.05) is 18.2 Å². The quantitative estimate of drug-likeness (QED) is 0.318. The number of rotatable bonds is 7. The summed E-state index contributed by atoms with van der Waals surface area (Å²) in [5, 5.41) is 10.4. The van der Waals surface area contributed by atoms with Gasteiger partial charge in [0.15, 0.2) is 18.1 Å². The molecule has 2 aromatic rings. The third-order valence-corrected chi connectivity index (χ3v) is 4.01. The standard InChI is InChI=1S/C20H21NO6/c1-13-5-6-14(2)20(15(13)3)26-12-19(22)27-17-8-7-16(9-10-21(23)24)11-18(17)25-4/h5-11H,12H2,1-4H3/b10-9+. The number of methoxy groups -OCH3 is 1. The molecule has 0 N–H and O–H groups in total. The van der Waals surface area contributed by atoms with Crippen LogP contribution >= 0.6 is 0 Å². The van der Waals surface area contributed by atoms with E-state index in [-0.39, 0.29) is 18.1 Å². The lowest BCUT2D eigenvalue weighted by Crippen LogP contribution is -2.18. The lowest BCUT2D eigenvalue weighted by Gasteiger charge is -2.14. The van der Waals surface area contributed by atoms with Crippen molar-refractivity contribution < 1.29 is 23.9 Å². The minimum Gasteiger partial charge on any atom is -0.493 e. The molecule has 2 aromatic carbocycles. The van der Waals surface area contributed by atoms with Crippen molar-refractivity contribution in [3.05, 3.63) is 68.9 Å². The maximum atomic E-state index is 12.2. The molecule has 0 saturated carbocycles. The van der Waals surface area contributed by atoms with E-state index >= 15 is 0 Å². The van der Waals surface area contributed by atoms with Gasteiger partial charge >= 0.3 is 5.97 Å². The van der Waals surface area contributed by atoms with Crippen LogP contribution in [0.25, 0.3) is 6.08 Å². The number of carbonyl (C=O) groups is 1. The van der Waals surface area contributed by atoms with E-state index in [1.54, 1.807) is 12.1 Å². The Bertz CT molecular complexity index is 888. The molecule has 0 heterocycles. The maximum Gasteiger partial charge on any atom is 0.349 e. The van der Waals surface area contributed by atoms with Crippen LogP contribution in [-0.4, -0.2) is 24.6 Å². The predicted molar refractivity (Wildman–Crippen MR) is 101 cm³/mol. The molecular weight excluding hydrogens is 350 g/mol. The Balaban J connectivity index is 2.07. The molecular formula is C20H21NO6. The van der Waals surface area contributed by atoms with Gasteiger partial charge in [-0.25, -0.2) is 4.79 Å². The first-order chi connectivity index (χ1) is 12.8. The highest BCUT2D eigenvalue weighted by Crippen LogP contribution is 2.29. The Morgan fingerprint density at radius 3 is 2.48 bits per heavy atom. The Kier molecular flexibility index (Phi) is 6.54. The van der Waals surface area contributed by atoms with Crippen molar-refractivity contribution in [1.29, 1.82) is 0 Å². The molecule has 27 heavy (non-hydrogen) atoms. The first-order valence-electron chi connectivity index (χ1n) is 8.22. The van der Waals surface area contributed by atoms with Gasteiger partial charge in [0.1, 0.15) is 5.75 Å². The Labute approximate surface area is 157 Å². The molecule has 0 aliphatic rings. The molecule has 2 rings (SSSR count). The van der Waals surface area contributed by atoms with Gasteiger partial charge < -0.3 is 14.2 Å². The number of benzene rings is 2. The smallest absolute Gasteiger partial charge is 0.349 e. The zero-order valence-corrected chi connectivity index (χ0v) is 15.6. The van der Waals surface area contributed by atoms with Gasteiger partial charge in [-0.2, -0.15) is 0 Å². The minimum atomic E-state index is -0.581. The van der Waals surface area contributed by atoms with Crippen LogP contribution in [0.5, 0.6) is 17.2 Å². The number of ether oxygens (including phenoxy) is 3. The topological polar surface area (TPSA) is 87.9 Å². The maximum absolute atomic E-state index is 12.2. The van der Waals surface area contributed by atoms with Crippen molar-refractivity contribution in [2.45, 2.75) is 20.8 Å². The van der Waals surface area contributed by atoms with E-state index < -0.39 is 10.9 Å². The Morgan fingerprint density at radius 1 is 1.11 bits per heavy atom. The number of aryl methyl sites for hydroxylation is 2. The van der Waals surface area contributed by atoms with Crippen molar-refractivity contribution in [2.24, 2.45) is 0 Å². The summed E-state index contributed by atoms with van der Waals surface area (Å²) in [6.07, 6.45) is 2.14. The van der Waals surface area contributed by atoms with Crippen molar-refractivity contribution in [3.8, 4) is 17.2 Å². The van der Waals surface area contributed by atoms with Crippen molar-refractivity contribution >= 4 is 12.0 Å². The van der Waals surface area contributed by atoms with Gasteiger partial charge in [-0.3, -0.25) is 10.1 Å². The molecule has 0 unspecified atom stereocenters. The van der Waals surface area contributed by atoms with Crippen LogP contribution < -0.4 is 14.2 Å². The third kappa shape index (κ3) is 5.31. The minimum absolute atomic E-state index is 0.210. The molecule has 7 heteroatoms. The first kappa shape index (κ1) is 20.0. The monoisotopic (exact) mass is 371 g/mol. The van der Waals surface area contributed by atoms with Crippen molar-refractivity contribution in [2.75, 3.05) is 13.7 Å². The summed E-state index contributed by atoms with van der Waals surface area (Å²) in [5.41, 5.74) is 3.53. The number of hydrogen-bond donors (Lipinski definition) is 0. The molecule has 142 valence electrons. The van der Waals surface area contributed by atoms with Gasteiger partial charge in [0, 0.05) is 6.08 Å². The van der Waals surface area contributed by atoms with Crippen LogP contribution in [0.2, 0.25) is 0 Å². The molecule has 0 radical (unpaired) electrons. The number of hydrogen-bond acceptors (Lipinski definition) is 6. The van der Waals surface area contributed by atoms with Gasteiger partial charge in [0.25, 0.3) is 0 Å². The van der Waals surface area contributed by atoms with Crippen LogP contribution in [0.1, 0.15) is 22.3 Å². The lowest BCUT2D eigenvalue weighted by atomic mass is 10.1. The van der Waals surface area contributed by atoms with Crippen molar-refractivity contribution in [1.82, 2.24) is 0 Å². The molecule has 7 nitrogen and oxygen atoms in total. The molecule has 0 spiro atoms. The molecule has 0 bridgehead atoms. The number of nitrogens with zero attached hydrogens (tertiary/aromatic N) is 1. The summed E-state index contributed by atoms with van der Waals surface area (Å²) < 4.78 is 16.1. The second-order valence-electron chi connectivity index (χ2n) is 5.93. The van der Waals surface area contributed by atoms with Crippen LogP contribution in [0.15, 0.2) is 36.5 Å². The van der Waals surface area contributed by atoms with E-state index in [1.807, 2.05) is 32.9 Å². The third-order valence-electron chi connectivity index (χ3n) is 4.01. The van der Waals surface area contributed by atoms with E-state index in [9.17, 15) is 14.9 Å². The van der Waals surface area contributed by atoms with E-state index in [0.717, 1.165) is 22.9 Å². The fraction of sp³-hybridized carbons (Fsp3) is 0.250. The first-order valence-corrected chi connectivity index (χ1v) is 8.22. The summed E-state index contributed by atoms with van der Waals surface area (Å²) in [5.74, 6) is 0.583. The number of nitro groups is 1. The fourth-order valence-corrected chi connectivity index (χ4v) is 2.45. The molecule has 0 amide bonds. The largest absolute Gasteiger partial charge is 0.493 e. The summed E-state index contributed by atoms with van der Waals surface area (Å²) in [6.45, 7) is 5.56. The highest BCUT2D eigenvalue weighted by molar-refractivity contribution is 5.75. The summed E-state index contributed by atoms with van der Waals surface area (Å²) in [6, 6.07) is 8.57. The van der Waals surface area contributed by atoms with Crippen LogP contribution in [-0.2, 0) is 4.79 Å². The van der Waals surface area contributed by atoms with Crippen molar-refractivity contribution in [3.63, 3.8) is 0 Å². The Morgan fingerprint density at radius 2 is 1.81 bits per heavy atom. The van der Waals surface area contributed by atoms with Crippen LogP contribution in [0.3, 0.4) is 0 Å². The zero-order chi connectivity index (χ0) is 20.0. The lowest BCUT2D eigenvalue weighted by molar-refractivity contribution is -0.400. The highest BCUT2D eigenvalue weighted by Gasteiger charge is 2.13. The van der Waals surface area contributed by atoms with Gasteiger partial charge in [0.2, 0.25) is 6.20 Å². The molecule has 0 aromatic heterocycles. The molecule has 0 saturated heterocycles. The van der Waals surface area contributed by atoms with Crippen LogP contribution in [0.4, 0.5) is 0 Å². The SMILES string of the molecule is COc1cc(/C=C/[N+](=O)[O-])ccc1OC(=O)COc1c(C)ccc(C)c1C. The molecule has 0 aliphatic carbocycles. The highest BCUT2D eigenvalue weighted by atomic mass is 16.6. The summed E-state index contributed by atoms with van der Waals surface area (Å²) in [4.78, 5) is 22.0. The fourth-order valence-electron chi connectivity index (χ4n) is 2.45. The molecule has 0 fully saturated rings. The van der Waals surface area contributed by atoms with E-state index in [2.05, 4.69) is 0 Å². The second-order valence-corrected chi connectivity index (χ2v) is 5.93. The zero-order valence-electron chi connectivity index (χ0n) is 15.6. The molecule has 0 atom stereocenters. The second kappa shape index (κ2) is 8.84.